The first-order chi connectivity index (χ1) is 7.38. The van der Waals surface area contributed by atoms with Crippen molar-refractivity contribution < 1.29 is 28.2 Å². The lowest BCUT2D eigenvalue weighted by Gasteiger charge is -2.30. The largest absolute Gasteiger partial charge is 0.381 e. The van der Waals surface area contributed by atoms with Crippen molar-refractivity contribution >= 4 is 15.4 Å². The highest BCUT2D eigenvalue weighted by molar-refractivity contribution is 7.51. The molecule has 1 N–H and O–H groups in total. The molecule has 0 aliphatic carbocycles. The van der Waals surface area contributed by atoms with Crippen LogP contribution in [0.1, 0.15) is 0 Å². The Labute approximate surface area is 95.1 Å². The fraction of sp³-hybridized carbons (Fsp3) is 1.00. The van der Waals surface area contributed by atoms with Crippen LogP contribution in [0.3, 0.4) is 0 Å². The molecule has 2 saturated heterocycles. The normalized spacial score (nSPS) is 45.8. The molecule has 16 heavy (non-hydrogen) atoms. The maximum atomic E-state index is 11.3. The fourth-order valence-corrected chi connectivity index (χ4v) is 3.13. The Bertz CT molecular complexity index is 320. The van der Waals surface area contributed by atoms with Gasteiger partial charge in [-0.1, -0.05) is 0 Å². The summed E-state index contributed by atoms with van der Waals surface area (Å²) in [5, 5.41) is 0. The molecule has 0 amide bonds. The van der Waals surface area contributed by atoms with Crippen molar-refractivity contribution in [3.63, 3.8) is 0 Å². The molecule has 2 bridgehead atoms. The van der Waals surface area contributed by atoms with Gasteiger partial charge in [0.25, 0.3) is 0 Å². The second-order valence-corrected chi connectivity index (χ2v) is 6.24. The topological polar surface area (TPSA) is 74.2 Å². The zero-order valence-electron chi connectivity index (χ0n) is 9.58. The van der Waals surface area contributed by atoms with E-state index >= 15 is 0 Å². The van der Waals surface area contributed by atoms with E-state index in [0.717, 1.165) is 6.66 Å². The minimum absolute atomic E-state index is 0.152. The number of methoxy groups -OCH3 is 1. The molecule has 2 unspecified atom stereocenters. The minimum atomic E-state index is -3.56. The van der Waals surface area contributed by atoms with E-state index < -0.39 is 19.3 Å². The average Bonchev–Trinajstić information content (AvgIpc) is 2.54. The minimum Gasteiger partial charge on any atom is -0.381 e. The van der Waals surface area contributed by atoms with Crippen LogP contribution in [0.15, 0.2) is 0 Å². The Hall–Kier alpha value is 0.0949. The quantitative estimate of drug-likeness (QED) is 0.507. The molecular formula is C8H16BO6P. The highest BCUT2D eigenvalue weighted by Gasteiger charge is 2.62. The summed E-state index contributed by atoms with van der Waals surface area (Å²) in [6.45, 7) is 1.79. The van der Waals surface area contributed by atoms with Gasteiger partial charge in [-0.3, -0.25) is 9.09 Å². The molecule has 8 heteroatoms. The molecule has 5 atom stereocenters. The van der Waals surface area contributed by atoms with Crippen molar-refractivity contribution in [2.75, 3.05) is 27.0 Å². The molecule has 0 radical (unpaired) electrons. The molecule has 0 saturated carbocycles. The molecule has 0 aromatic carbocycles. The highest BCUT2D eigenvalue weighted by atomic mass is 31.2. The first kappa shape index (κ1) is 12.5. The fourth-order valence-electron chi connectivity index (χ4n) is 2.40. The highest BCUT2D eigenvalue weighted by Crippen LogP contribution is 2.49. The molecule has 2 aliphatic heterocycles. The number of fused-ring (bicyclic) bond motifs is 2. The number of rotatable bonds is 4. The van der Waals surface area contributed by atoms with Crippen molar-refractivity contribution in [3.8, 4) is 0 Å². The van der Waals surface area contributed by atoms with E-state index in [9.17, 15) is 9.46 Å². The van der Waals surface area contributed by atoms with Crippen LogP contribution in [0.5, 0.6) is 0 Å². The van der Waals surface area contributed by atoms with Crippen LogP contribution >= 0.6 is 7.60 Å². The van der Waals surface area contributed by atoms with Gasteiger partial charge in [0, 0.05) is 13.8 Å². The molecular weight excluding hydrogens is 234 g/mol. The molecule has 6 nitrogen and oxygen atoms in total. The van der Waals surface area contributed by atoms with Gasteiger partial charge in [0.15, 0.2) is 0 Å². The van der Waals surface area contributed by atoms with E-state index in [1.54, 1.807) is 7.11 Å². The van der Waals surface area contributed by atoms with Crippen LogP contribution in [0.4, 0.5) is 0 Å². The molecule has 2 heterocycles. The van der Waals surface area contributed by atoms with Crippen LogP contribution in [-0.4, -0.2) is 63.5 Å². The van der Waals surface area contributed by atoms with Crippen molar-refractivity contribution in [2.24, 2.45) is 0 Å². The Morgan fingerprint density at radius 3 is 2.88 bits per heavy atom. The first-order valence-electron chi connectivity index (χ1n) is 5.15. The van der Waals surface area contributed by atoms with Gasteiger partial charge in [0.1, 0.15) is 25.7 Å². The zero-order chi connectivity index (χ0) is 12.0. The summed E-state index contributed by atoms with van der Waals surface area (Å²) in [4.78, 5) is 9.29. The molecule has 2 rings (SSSR count). The third-order valence-corrected chi connectivity index (χ3v) is 3.54. The number of hydrogen-bond acceptors (Lipinski definition) is 5. The van der Waals surface area contributed by atoms with Crippen molar-refractivity contribution in [1.29, 1.82) is 0 Å². The third kappa shape index (κ3) is 2.08. The van der Waals surface area contributed by atoms with Gasteiger partial charge in [-0.2, -0.15) is 0 Å². The van der Waals surface area contributed by atoms with Crippen LogP contribution < -0.4 is 0 Å². The van der Waals surface area contributed by atoms with Gasteiger partial charge in [-0.05, 0) is 0 Å². The first-order valence-corrected chi connectivity index (χ1v) is 7.17. The Balaban J connectivity index is 2.19. The van der Waals surface area contributed by atoms with E-state index in [1.165, 1.54) is 0 Å². The summed E-state index contributed by atoms with van der Waals surface area (Å²) in [5.74, 6) is 0. The van der Waals surface area contributed by atoms with Crippen LogP contribution in [0.2, 0.25) is 0 Å². The van der Waals surface area contributed by atoms with E-state index in [4.69, 9.17) is 18.7 Å². The third-order valence-electron chi connectivity index (χ3n) is 2.92. The van der Waals surface area contributed by atoms with E-state index in [2.05, 4.69) is 0 Å². The molecule has 2 fully saturated rings. The van der Waals surface area contributed by atoms with Gasteiger partial charge in [-0.25, -0.2) is 0 Å². The van der Waals surface area contributed by atoms with Crippen LogP contribution in [-0.2, 0) is 23.3 Å². The number of ether oxygens (including phenoxy) is 3. The second kappa shape index (κ2) is 4.08. The Morgan fingerprint density at radius 1 is 1.69 bits per heavy atom. The lowest BCUT2D eigenvalue weighted by molar-refractivity contribution is -0.141. The summed E-state index contributed by atoms with van der Waals surface area (Å²) < 4.78 is 32.9. The summed E-state index contributed by atoms with van der Waals surface area (Å²) in [6.07, 6.45) is -0.834. The molecule has 2 aliphatic rings. The summed E-state index contributed by atoms with van der Waals surface area (Å²) in [5.41, 5.74) is -0.743. The van der Waals surface area contributed by atoms with Crippen molar-refractivity contribution in [1.82, 2.24) is 0 Å². The second-order valence-electron chi connectivity index (χ2n) is 4.43. The monoisotopic (exact) mass is 250 g/mol. The standard InChI is InChI=1S/C8H16BO6P/c1-12-3-8-4-13-5(7(9)14-8)6(8)15-16(2,10)11/h5-7H,3-4,9H2,1-2H3,(H,10,11)/t5-,6?,7+,8-/m0/s1. The molecule has 0 aromatic rings. The molecule has 92 valence electrons. The summed E-state index contributed by atoms with van der Waals surface area (Å²) >= 11 is 0. The maximum Gasteiger partial charge on any atom is 0.325 e. The van der Waals surface area contributed by atoms with Gasteiger partial charge >= 0.3 is 7.60 Å². The predicted octanol–water partition coefficient (Wildman–Crippen LogP) is -1.04. The SMILES string of the molecule is B[C@@H]1O[C@@]2(COC)CO[C@H]1C2OP(C)(=O)O. The Kier molecular flexibility index (Phi) is 3.20. The van der Waals surface area contributed by atoms with Crippen molar-refractivity contribution in [2.45, 2.75) is 23.8 Å². The van der Waals surface area contributed by atoms with E-state index in [0.29, 0.717) is 13.2 Å². The van der Waals surface area contributed by atoms with E-state index in [1.807, 2.05) is 7.85 Å². The van der Waals surface area contributed by atoms with Crippen LogP contribution in [0, 0.1) is 0 Å². The molecule has 0 aromatic heterocycles. The van der Waals surface area contributed by atoms with Gasteiger partial charge in [0.05, 0.1) is 19.2 Å². The van der Waals surface area contributed by atoms with Gasteiger partial charge in [0.2, 0.25) is 0 Å². The van der Waals surface area contributed by atoms with Gasteiger partial charge < -0.3 is 19.1 Å². The number of hydrogen-bond donors (Lipinski definition) is 1. The zero-order valence-corrected chi connectivity index (χ0v) is 10.5. The lowest BCUT2D eigenvalue weighted by Crippen LogP contribution is -2.45. The Morgan fingerprint density at radius 2 is 2.38 bits per heavy atom. The lowest BCUT2D eigenvalue weighted by atomic mass is 9.92. The average molecular weight is 250 g/mol. The van der Waals surface area contributed by atoms with E-state index in [-0.39, 0.29) is 12.1 Å². The smallest absolute Gasteiger partial charge is 0.325 e. The molecule has 0 spiro atoms. The predicted molar refractivity (Wildman–Crippen MR) is 58.4 cm³/mol. The van der Waals surface area contributed by atoms with Crippen LogP contribution in [0.25, 0.3) is 0 Å². The summed E-state index contributed by atoms with van der Waals surface area (Å²) in [7, 11) is -0.150. The van der Waals surface area contributed by atoms with Crippen molar-refractivity contribution in [3.05, 3.63) is 0 Å². The maximum absolute atomic E-state index is 11.3. The van der Waals surface area contributed by atoms with Gasteiger partial charge in [-0.15, -0.1) is 0 Å². The summed E-state index contributed by atoms with van der Waals surface area (Å²) in [6, 6.07) is -0.152.